The average Bonchev–Trinajstić information content (AvgIpc) is 3.04. The summed E-state index contributed by atoms with van der Waals surface area (Å²) in [5.41, 5.74) is 2.44. The Balaban J connectivity index is 0.00000312. The predicted octanol–water partition coefficient (Wildman–Crippen LogP) is 3.72. The molecule has 2 rings (SSSR count). The zero-order valence-corrected chi connectivity index (χ0v) is 17.4. The maximum Gasteiger partial charge on any atom is 0.231 e. The van der Waals surface area contributed by atoms with Gasteiger partial charge in [0.1, 0.15) is 0 Å². The third-order valence-electron chi connectivity index (χ3n) is 3.86. The smallest absolute Gasteiger partial charge is 0.231 e. The van der Waals surface area contributed by atoms with Crippen molar-refractivity contribution in [3.8, 4) is 11.5 Å². The van der Waals surface area contributed by atoms with E-state index >= 15 is 0 Å². The first-order chi connectivity index (χ1) is 11.8. The minimum absolute atomic E-state index is 0. The first-order valence-corrected chi connectivity index (χ1v) is 8.99. The van der Waals surface area contributed by atoms with Crippen molar-refractivity contribution in [2.45, 2.75) is 46.1 Å². The van der Waals surface area contributed by atoms with Crippen LogP contribution in [0.25, 0.3) is 0 Å². The number of benzene rings is 1. The van der Waals surface area contributed by atoms with Gasteiger partial charge < -0.3 is 23.7 Å². The van der Waals surface area contributed by atoms with Gasteiger partial charge in [0.25, 0.3) is 0 Å². The van der Waals surface area contributed by atoms with E-state index in [1.165, 1.54) is 11.1 Å². The van der Waals surface area contributed by atoms with Gasteiger partial charge in [0, 0.05) is 29.0 Å². The Bertz CT molecular complexity index is 481. The molecular weight excluding hydrogens is 505 g/mol. The Morgan fingerprint density at radius 1 is 0.800 bits per heavy atom. The predicted molar refractivity (Wildman–Crippen MR) is 92.8 cm³/mol. The minimum atomic E-state index is 0. The van der Waals surface area contributed by atoms with Crippen LogP contribution in [0.3, 0.4) is 0 Å². The van der Waals surface area contributed by atoms with Crippen LogP contribution in [-0.2, 0) is 49.6 Å². The van der Waals surface area contributed by atoms with Crippen molar-refractivity contribution in [1.82, 2.24) is 0 Å². The molecule has 6 heteroatoms. The molecule has 5 nitrogen and oxygen atoms in total. The number of ether oxygens (including phenoxy) is 5. The quantitative estimate of drug-likeness (QED) is 0.285. The summed E-state index contributed by atoms with van der Waals surface area (Å²) in [6, 6.07) is 4.12. The van der Waals surface area contributed by atoms with Crippen molar-refractivity contribution >= 4 is 0 Å². The SMILES string of the molecule is CCCCOCCOCCOCc1cc2c(cc1CCC)OCO2.[Au]. The zero-order chi connectivity index (χ0) is 17.0. The Kier molecular flexibility index (Phi) is 12.2. The van der Waals surface area contributed by atoms with Crippen molar-refractivity contribution in [3.05, 3.63) is 23.3 Å². The van der Waals surface area contributed by atoms with Gasteiger partial charge in [-0.3, -0.25) is 0 Å². The molecule has 0 N–H and O–H groups in total. The Morgan fingerprint density at radius 3 is 2.04 bits per heavy atom. The third-order valence-corrected chi connectivity index (χ3v) is 3.86. The van der Waals surface area contributed by atoms with Crippen LogP contribution in [-0.4, -0.2) is 39.8 Å². The molecule has 0 aliphatic carbocycles. The first-order valence-electron chi connectivity index (χ1n) is 8.99. The standard InChI is InChI=1S/C19H30O5.Au/c1-3-5-7-20-8-9-21-10-11-22-14-17-13-19-18(23-15-24-19)12-16(17)6-4-2;/h12-13H,3-11,14-15H2,1-2H3;. The second kappa shape index (κ2) is 13.6. The zero-order valence-electron chi connectivity index (χ0n) is 15.3. The van der Waals surface area contributed by atoms with Crippen LogP contribution in [0.5, 0.6) is 11.5 Å². The van der Waals surface area contributed by atoms with Crippen LogP contribution in [0.2, 0.25) is 0 Å². The van der Waals surface area contributed by atoms with Crippen molar-refractivity contribution in [2.24, 2.45) is 0 Å². The van der Waals surface area contributed by atoms with E-state index in [4.69, 9.17) is 23.7 Å². The molecule has 0 saturated heterocycles. The van der Waals surface area contributed by atoms with Gasteiger partial charge >= 0.3 is 0 Å². The van der Waals surface area contributed by atoms with Gasteiger partial charge in [-0.25, -0.2) is 0 Å². The van der Waals surface area contributed by atoms with Crippen molar-refractivity contribution in [2.75, 3.05) is 39.8 Å². The summed E-state index contributed by atoms with van der Waals surface area (Å²) in [5, 5.41) is 0. The van der Waals surface area contributed by atoms with Gasteiger partial charge in [-0.05, 0) is 36.1 Å². The molecule has 1 heterocycles. The van der Waals surface area contributed by atoms with Gasteiger partial charge in [0.05, 0.1) is 33.0 Å². The van der Waals surface area contributed by atoms with Crippen molar-refractivity contribution < 1.29 is 46.1 Å². The van der Waals surface area contributed by atoms with Gasteiger partial charge in [0.15, 0.2) is 11.5 Å². The summed E-state index contributed by atoms with van der Waals surface area (Å²) in [4.78, 5) is 0. The average molecular weight is 535 g/mol. The Morgan fingerprint density at radius 2 is 1.40 bits per heavy atom. The molecule has 147 valence electrons. The number of aryl methyl sites for hydroxylation is 1. The molecule has 0 bridgehead atoms. The second-order valence-corrected chi connectivity index (χ2v) is 5.86. The first kappa shape index (κ1) is 22.5. The second-order valence-electron chi connectivity index (χ2n) is 5.86. The van der Waals surface area contributed by atoms with Crippen LogP contribution in [0.15, 0.2) is 12.1 Å². The summed E-state index contributed by atoms with van der Waals surface area (Å²) in [5.74, 6) is 1.66. The van der Waals surface area contributed by atoms with Gasteiger partial charge in [-0.1, -0.05) is 26.7 Å². The molecule has 0 spiro atoms. The minimum Gasteiger partial charge on any atom is -0.454 e. The fraction of sp³-hybridized carbons (Fsp3) is 0.684. The summed E-state index contributed by atoms with van der Waals surface area (Å²) in [6.45, 7) is 8.47. The summed E-state index contributed by atoms with van der Waals surface area (Å²) in [6.07, 6.45) is 4.38. The molecule has 25 heavy (non-hydrogen) atoms. The van der Waals surface area contributed by atoms with E-state index in [9.17, 15) is 0 Å². The van der Waals surface area contributed by atoms with Gasteiger partial charge in [0.2, 0.25) is 6.79 Å². The molecule has 0 aromatic heterocycles. The molecule has 0 saturated carbocycles. The molecule has 1 aliphatic rings. The fourth-order valence-electron chi connectivity index (χ4n) is 2.53. The van der Waals surface area contributed by atoms with Crippen molar-refractivity contribution in [1.29, 1.82) is 0 Å². The molecule has 0 fully saturated rings. The van der Waals surface area contributed by atoms with Crippen LogP contribution < -0.4 is 9.47 Å². The summed E-state index contributed by atoms with van der Waals surface area (Å²) in [7, 11) is 0. The Hall–Kier alpha value is -0.560. The van der Waals surface area contributed by atoms with Gasteiger partial charge in [-0.2, -0.15) is 0 Å². The van der Waals surface area contributed by atoms with E-state index in [0.29, 0.717) is 39.8 Å². The van der Waals surface area contributed by atoms with E-state index in [0.717, 1.165) is 43.8 Å². The van der Waals surface area contributed by atoms with Crippen LogP contribution >= 0.6 is 0 Å². The summed E-state index contributed by atoms with van der Waals surface area (Å²) >= 11 is 0. The molecular formula is C19H30AuO5. The van der Waals surface area contributed by atoms with E-state index < -0.39 is 0 Å². The van der Waals surface area contributed by atoms with E-state index in [1.54, 1.807) is 0 Å². The molecule has 1 aromatic rings. The molecule has 1 radical (unpaired) electrons. The van der Waals surface area contributed by atoms with Crippen LogP contribution in [0.4, 0.5) is 0 Å². The molecule has 0 unspecified atom stereocenters. The number of fused-ring (bicyclic) bond motifs is 1. The maximum absolute atomic E-state index is 5.75. The number of hydrogen-bond acceptors (Lipinski definition) is 5. The normalized spacial score (nSPS) is 12.2. The summed E-state index contributed by atoms with van der Waals surface area (Å²) < 4.78 is 27.6. The number of unbranched alkanes of at least 4 members (excludes halogenated alkanes) is 1. The largest absolute Gasteiger partial charge is 0.454 e. The van der Waals surface area contributed by atoms with Gasteiger partial charge in [-0.15, -0.1) is 0 Å². The number of rotatable bonds is 13. The Labute approximate surface area is 166 Å². The number of hydrogen-bond donors (Lipinski definition) is 0. The van der Waals surface area contributed by atoms with E-state index in [2.05, 4.69) is 19.9 Å². The molecule has 0 atom stereocenters. The third kappa shape index (κ3) is 8.11. The van der Waals surface area contributed by atoms with E-state index in [1.807, 2.05) is 6.07 Å². The maximum atomic E-state index is 5.75. The monoisotopic (exact) mass is 535 g/mol. The molecule has 1 aromatic carbocycles. The van der Waals surface area contributed by atoms with E-state index in [-0.39, 0.29) is 22.4 Å². The van der Waals surface area contributed by atoms with Crippen LogP contribution in [0.1, 0.15) is 44.2 Å². The molecule has 0 amide bonds. The molecule has 1 aliphatic heterocycles. The fourth-order valence-corrected chi connectivity index (χ4v) is 2.53. The topological polar surface area (TPSA) is 46.2 Å². The van der Waals surface area contributed by atoms with Crippen molar-refractivity contribution in [3.63, 3.8) is 0 Å². The van der Waals surface area contributed by atoms with Crippen LogP contribution in [0, 0.1) is 0 Å².